The molecule has 1 aliphatic carbocycles. The molecule has 5 nitrogen and oxygen atoms in total. The number of nitrogens with zero attached hydrogens (tertiary/aromatic N) is 3. The molecule has 16 heavy (non-hydrogen) atoms. The fourth-order valence-electron chi connectivity index (χ4n) is 1.52. The van der Waals surface area contributed by atoms with E-state index < -0.39 is 0 Å². The number of rotatable bonds is 6. The highest BCUT2D eigenvalue weighted by Crippen LogP contribution is 2.28. The van der Waals surface area contributed by atoms with Crippen LogP contribution >= 0.6 is 12.2 Å². The van der Waals surface area contributed by atoms with E-state index in [2.05, 4.69) is 10.2 Å². The Bertz CT molecular complexity index is 396. The predicted octanol–water partition coefficient (Wildman–Crippen LogP) is 1.34. The Balaban J connectivity index is 1.75. The fraction of sp³-hybridized carbons (Fsp3) is 0.800. The lowest BCUT2D eigenvalue weighted by Gasteiger charge is -2.17. The number of H-pyrrole nitrogens is 1. The summed E-state index contributed by atoms with van der Waals surface area (Å²) in [5, 5.41) is 6.93. The van der Waals surface area contributed by atoms with Gasteiger partial charge in [-0.1, -0.05) is 0 Å². The number of aromatic nitrogens is 3. The third kappa shape index (κ3) is 2.82. The number of ether oxygens (including phenoxy) is 1. The van der Waals surface area contributed by atoms with Gasteiger partial charge in [-0.15, -0.1) is 5.10 Å². The van der Waals surface area contributed by atoms with Gasteiger partial charge in [0.05, 0.1) is 6.61 Å². The SMILES string of the molecule is CN(CCOCC1CC1)c1n[nH]c(=S)n1C. The number of hydrogen-bond acceptors (Lipinski definition) is 4. The lowest BCUT2D eigenvalue weighted by atomic mass is 10.5. The van der Waals surface area contributed by atoms with Gasteiger partial charge >= 0.3 is 0 Å². The van der Waals surface area contributed by atoms with E-state index in [1.807, 2.05) is 23.6 Å². The van der Waals surface area contributed by atoms with Crippen molar-refractivity contribution in [3.8, 4) is 0 Å². The largest absolute Gasteiger partial charge is 0.379 e. The second-order valence-electron chi connectivity index (χ2n) is 4.33. The van der Waals surface area contributed by atoms with E-state index in [0.717, 1.165) is 31.6 Å². The minimum Gasteiger partial charge on any atom is -0.379 e. The summed E-state index contributed by atoms with van der Waals surface area (Å²) in [7, 11) is 3.90. The lowest BCUT2D eigenvalue weighted by Crippen LogP contribution is -2.25. The molecule has 0 amide bonds. The zero-order valence-corrected chi connectivity index (χ0v) is 10.6. The molecule has 1 saturated carbocycles. The van der Waals surface area contributed by atoms with E-state index in [1.165, 1.54) is 12.8 Å². The molecule has 1 aromatic rings. The monoisotopic (exact) mass is 242 g/mol. The van der Waals surface area contributed by atoms with E-state index >= 15 is 0 Å². The Morgan fingerprint density at radius 2 is 2.38 bits per heavy atom. The quantitative estimate of drug-likeness (QED) is 0.604. The molecule has 0 aromatic carbocycles. The van der Waals surface area contributed by atoms with Crippen molar-refractivity contribution in [2.75, 3.05) is 31.7 Å². The van der Waals surface area contributed by atoms with Gasteiger partial charge in [-0.3, -0.25) is 4.57 Å². The zero-order valence-electron chi connectivity index (χ0n) is 9.77. The molecular formula is C10H18N4OS. The molecule has 0 bridgehead atoms. The van der Waals surface area contributed by atoms with Gasteiger partial charge in [-0.25, -0.2) is 5.10 Å². The number of anilines is 1. The molecule has 0 saturated heterocycles. The van der Waals surface area contributed by atoms with Crippen molar-refractivity contribution in [3.05, 3.63) is 4.77 Å². The van der Waals surface area contributed by atoms with Crippen LogP contribution in [0.25, 0.3) is 0 Å². The molecule has 1 heterocycles. The van der Waals surface area contributed by atoms with E-state index in [0.29, 0.717) is 4.77 Å². The van der Waals surface area contributed by atoms with Gasteiger partial charge in [0.1, 0.15) is 0 Å². The molecule has 1 N–H and O–H groups in total. The van der Waals surface area contributed by atoms with Crippen LogP contribution in [0.2, 0.25) is 0 Å². The minimum atomic E-state index is 0.640. The molecule has 90 valence electrons. The van der Waals surface area contributed by atoms with Crippen molar-refractivity contribution in [2.45, 2.75) is 12.8 Å². The third-order valence-corrected chi connectivity index (χ3v) is 3.18. The highest BCUT2D eigenvalue weighted by atomic mass is 32.1. The van der Waals surface area contributed by atoms with Crippen LogP contribution in [-0.2, 0) is 11.8 Å². The van der Waals surface area contributed by atoms with Gasteiger partial charge in [0.15, 0.2) is 4.77 Å². The second kappa shape index (κ2) is 4.97. The summed E-state index contributed by atoms with van der Waals surface area (Å²) < 4.78 is 8.08. The lowest BCUT2D eigenvalue weighted by molar-refractivity contribution is 0.130. The van der Waals surface area contributed by atoms with Crippen molar-refractivity contribution in [1.29, 1.82) is 0 Å². The van der Waals surface area contributed by atoms with Crippen molar-refractivity contribution in [1.82, 2.24) is 14.8 Å². The minimum absolute atomic E-state index is 0.640. The molecule has 1 aromatic heterocycles. The average Bonchev–Trinajstić information content (AvgIpc) is 3.02. The van der Waals surface area contributed by atoms with Crippen molar-refractivity contribution in [3.63, 3.8) is 0 Å². The van der Waals surface area contributed by atoms with Gasteiger partial charge in [0, 0.05) is 27.2 Å². The molecule has 2 rings (SSSR count). The zero-order chi connectivity index (χ0) is 11.5. The maximum atomic E-state index is 5.58. The second-order valence-corrected chi connectivity index (χ2v) is 4.71. The van der Waals surface area contributed by atoms with Crippen LogP contribution in [-0.4, -0.2) is 41.6 Å². The topological polar surface area (TPSA) is 46.1 Å². The molecule has 0 radical (unpaired) electrons. The summed E-state index contributed by atoms with van der Waals surface area (Å²) >= 11 is 5.06. The molecule has 0 unspecified atom stereocenters. The number of nitrogens with one attached hydrogen (secondary N) is 1. The summed E-state index contributed by atoms with van der Waals surface area (Å²) in [4.78, 5) is 2.04. The van der Waals surface area contributed by atoms with E-state index in [9.17, 15) is 0 Å². The van der Waals surface area contributed by atoms with Crippen LogP contribution in [0.4, 0.5) is 5.95 Å². The Morgan fingerprint density at radius 1 is 1.62 bits per heavy atom. The summed E-state index contributed by atoms with van der Waals surface area (Å²) in [6.07, 6.45) is 2.67. The van der Waals surface area contributed by atoms with Crippen LogP contribution in [0.5, 0.6) is 0 Å². The van der Waals surface area contributed by atoms with Gasteiger partial charge in [0.25, 0.3) is 0 Å². The number of aromatic amines is 1. The summed E-state index contributed by atoms with van der Waals surface area (Å²) in [5.41, 5.74) is 0. The van der Waals surface area contributed by atoms with Crippen molar-refractivity contribution < 1.29 is 4.74 Å². The van der Waals surface area contributed by atoms with Crippen molar-refractivity contribution in [2.24, 2.45) is 13.0 Å². The Labute approximate surface area is 100 Å². The van der Waals surface area contributed by atoms with Crippen LogP contribution < -0.4 is 4.90 Å². The van der Waals surface area contributed by atoms with Crippen LogP contribution in [0.3, 0.4) is 0 Å². The summed E-state index contributed by atoms with van der Waals surface area (Å²) in [5.74, 6) is 1.67. The molecule has 0 atom stereocenters. The molecule has 6 heteroatoms. The predicted molar refractivity (Wildman–Crippen MR) is 65.2 cm³/mol. The maximum Gasteiger partial charge on any atom is 0.225 e. The van der Waals surface area contributed by atoms with Crippen molar-refractivity contribution >= 4 is 18.2 Å². The fourth-order valence-corrected chi connectivity index (χ4v) is 1.64. The Kier molecular flexibility index (Phi) is 3.60. The molecule has 0 aliphatic heterocycles. The maximum absolute atomic E-state index is 5.58. The van der Waals surface area contributed by atoms with Gasteiger partial charge in [0.2, 0.25) is 5.95 Å². The summed E-state index contributed by atoms with van der Waals surface area (Å²) in [6, 6.07) is 0. The molecule has 1 fully saturated rings. The Hall–Kier alpha value is -0.880. The number of hydrogen-bond donors (Lipinski definition) is 1. The van der Waals surface area contributed by atoms with Gasteiger partial charge in [-0.2, -0.15) is 0 Å². The average molecular weight is 242 g/mol. The first kappa shape index (κ1) is 11.6. The van der Waals surface area contributed by atoms with Gasteiger partial charge in [-0.05, 0) is 31.0 Å². The highest BCUT2D eigenvalue weighted by Gasteiger charge is 2.21. The third-order valence-electron chi connectivity index (χ3n) is 2.82. The Morgan fingerprint density at radius 3 is 2.94 bits per heavy atom. The molecule has 0 spiro atoms. The number of likely N-dealkylation sites (N-methyl/N-ethyl adjacent to an activating group) is 1. The first-order valence-corrected chi connectivity index (χ1v) is 5.99. The molecular weight excluding hydrogens is 224 g/mol. The first-order chi connectivity index (χ1) is 7.68. The molecule has 1 aliphatic rings. The first-order valence-electron chi connectivity index (χ1n) is 5.58. The van der Waals surface area contributed by atoms with Crippen LogP contribution in [0.15, 0.2) is 0 Å². The van der Waals surface area contributed by atoms with Crippen LogP contribution in [0.1, 0.15) is 12.8 Å². The van der Waals surface area contributed by atoms with E-state index in [4.69, 9.17) is 17.0 Å². The standard InChI is InChI=1S/C10H18N4OS/c1-13(5-6-15-7-8-3-4-8)9-11-12-10(16)14(9)2/h8H,3-7H2,1-2H3,(H,12,16). The van der Waals surface area contributed by atoms with Gasteiger partial charge < -0.3 is 9.64 Å². The van der Waals surface area contributed by atoms with Crippen LogP contribution in [0, 0.1) is 10.7 Å². The summed E-state index contributed by atoms with van der Waals surface area (Å²) in [6.45, 7) is 2.49. The highest BCUT2D eigenvalue weighted by molar-refractivity contribution is 7.71. The normalized spacial score (nSPS) is 15.4. The van der Waals surface area contributed by atoms with E-state index in [1.54, 1.807) is 0 Å². The smallest absolute Gasteiger partial charge is 0.225 e. The van der Waals surface area contributed by atoms with E-state index in [-0.39, 0.29) is 0 Å².